The summed E-state index contributed by atoms with van der Waals surface area (Å²) in [6, 6.07) is 6.38. The number of hydrogen-bond acceptors (Lipinski definition) is 4. The average Bonchev–Trinajstić information content (AvgIpc) is 2.43. The molecule has 6 heteroatoms. The fourth-order valence-electron chi connectivity index (χ4n) is 1.93. The third-order valence-electron chi connectivity index (χ3n) is 3.11. The predicted octanol–water partition coefficient (Wildman–Crippen LogP) is 1.14. The predicted molar refractivity (Wildman–Crippen MR) is 80.0 cm³/mol. The van der Waals surface area contributed by atoms with Crippen LogP contribution in [0.2, 0.25) is 0 Å². The van der Waals surface area contributed by atoms with E-state index in [2.05, 4.69) is 0 Å². The molecule has 0 aliphatic rings. The van der Waals surface area contributed by atoms with E-state index in [1.807, 2.05) is 25.9 Å². The largest absolute Gasteiger partial charge is 0.392 e. The standard InChI is InChI=1S/C14H24N2O3S/c1-4-16(11-5-10-15(2)3)20(18,19)14-8-6-13(12-17)7-9-14/h6-9,17H,4-5,10-12H2,1-3H3. The summed E-state index contributed by atoms with van der Waals surface area (Å²) in [4.78, 5) is 2.32. The molecule has 0 atom stereocenters. The van der Waals surface area contributed by atoms with Gasteiger partial charge in [0.1, 0.15) is 0 Å². The van der Waals surface area contributed by atoms with Gasteiger partial charge >= 0.3 is 0 Å². The monoisotopic (exact) mass is 300 g/mol. The lowest BCUT2D eigenvalue weighted by molar-refractivity contribution is 0.281. The van der Waals surface area contributed by atoms with Gasteiger partial charge in [0.15, 0.2) is 0 Å². The zero-order valence-electron chi connectivity index (χ0n) is 12.4. The van der Waals surface area contributed by atoms with E-state index in [0.29, 0.717) is 18.7 Å². The fourth-order valence-corrected chi connectivity index (χ4v) is 3.41. The summed E-state index contributed by atoms with van der Waals surface area (Å²) in [5.41, 5.74) is 0.708. The van der Waals surface area contributed by atoms with Gasteiger partial charge in [0.05, 0.1) is 11.5 Å². The molecule has 1 rings (SSSR count). The third-order valence-corrected chi connectivity index (χ3v) is 5.10. The van der Waals surface area contributed by atoms with Gasteiger partial charge in [0.25, 0.3) is 0 Å². The van der Waals surface area contributed by atoms with Crippen molar-refractivity contribution in [2.75, 3.05) is 33.7 Å². The zero-order valence-corrected chi connectivity index (χ0v) is 13.2. The van der Waals surface area contributed by atoms with E-state index in [1.54, 1.807) is 24.3 Å². The highest BCUT2D eigenvalue weighted by atomic mass is 32.2. The van der Waals surface area contributed by atoms with Crippen molar-refractivity contribution in [2.45, 2.75) is 24.8 Å². The van der Waals surface area contributed by atoms with Gasteiger partial charge in [-0.1, -0.05) is 19.1 Å². The minimum Gasteiger partial charge on any atom is -0.392 e. The zero-order chi connectivity index (χ0) is 15.2. The Bertz CT molecular complexity index is 498. The topological polar surface area (TPSA) is 60.9 Å². The normalized spacial score (nSPS) is 12.3. The molecule has 0 amide bonds. The molecule has 0 aliphatic carbocycles. The Morgan fingerprint density at radius 2 is 1.70 bits per heavy atom. The maximum Gasteiger partial charge on any atom is 0.243 e. The molecule has 1 aromatic rings. The lowest BCUT2D eigenvalue weighted by atomic mass is 10.2. The highest BCUT2D eigenvalue weighted by Crippen LogP contribution is 2.16. The van der Waals surface area contributed by atoms with Crippen LogP contribution in [-0.2, 0) is 16.6 Å². The molecule has 114 valence electrons. The third kappa shape index (κ3) is 4.56. The number of sulfonamides is 1. The molecule has 0 aromatic heterocycles. The Balaban J connectivity index is 2.82. The van der Waals surface area contributed by atoms with Crippen molar-refractivity contribution in [3.63, 3.8) is 0 Å². The van der Waals surface area contributed by atoms with Gasteiger partial charge in [-0.2, -0.15) is 4.31 Å². The van der Waals surface area contributed by atoms with Crippen molar-refractivity contribution in [3.8, 4) is 0 Å². The van der Waals surface area contributed by atoms with Crippen molar-refractivity contribution in [2.24, 2.45) is 0 Å². The minimum atomic E-state index is -3.44. The second-order valence-electron chi connectivity index (χ2n) is 4.96. The first-order valence-corrected chi connectivity index (χ1v) is 8.20. The Kier molecular flexibility index (Phi) is 6.61. The van der Waals surface area contributed by atoms with Crippen LogP contribution in [-0.4, -0.2) is 56.5 Å². The molecule has 0 saturated heterocycles. The van der Waals surface area contributed by atoms with Crippen molar-refractivity contribution in [1.29, 1.82) is 0 Å². The van der Waals surface area contributed by atoms with Crippen molar-refractivity contribution in [3.05, 3.63) is 29.8 Å². The molecule has 1 N–H and O–H groups in total. The minimum absolute atomic E-state index is 0.0827. The molecule has 20 heavy (non-hydrogen) atoms. The molecule has 0 saturated carbocycles. The van der Waals surface area contributed by atoms with E-state index in [9.17, 15) is 8.42 Å². The highest BCUT2D eigenvalue weighted by molar-refractivity contribution is 7.89. The van der Waals surface area contributed by atoms with Gasteiger partial charge in [-0.15, -0.1) is 0 Å². The Morgan fingerprint density at radius 1 is 1.10 bits per heavy atom. The van der Waals surface area contributed by atoms with Crippen LogP contribution < -0.4 is 0 Å². The van der Waals surface area contributed by atoms with Gasteiger partial charge in [-0.25, -0.2) is 8.42 Å². The van der Waals surface area contributed by atoms with Gasteiger partial charge in [0.2, 0.25) is 10.0 Å². The summed E-state index contributed by atoms with van der Waals surface area (Å²) in [5.74, 6) is 0. The Labute approximate surface area is 121 Å². The van der Waals surface area contributed by atoms with Crippen LogP contribution in [0.5, 0.6) is 0 Å². The summed E-state index contributed by atoms with van der Waals surface area (Å²) >= 11 is 0. The Hall–Kier alpha value is -0.950. The van der Waals surface area contributed by atoms with Crippen molar-refractivity contribution in [1.82, 2.24) is 9.21 Å². The van der Waals surface area contributed by atoms with Gasteiger partial charge < -0.3 is 10.0 Å². The van der Waals surface area contributed by atoms with Crippen LogP contribution in [0.3, 0.4) is 0 Å². The van der Waals surface area contributed by atoms with Crippen LogP contribution in [0, 0.1) is 0 Å². The second kappa shape index (κ2) is 7.73. The molecule has 0 fully saturated rings. The van der Waals surface area contributed by atoms with E-state index in [4.69, 9.17) is 5.11 Å². The lowest BCUT2D eigenvalue weighted by Gasteiger charge is -2.21. The summed E-state index contributed by atoms with van der Waals surface area (Å²) in [7, 11) is 0.500. The van der Waals surface area contributed by atoms with E-state index in [0.717, 1.165) is 13.0 Å². The second-order valence-corrected chi connectivity index (χ2v) is 6.89. The van der Waals surface area contributed by atoms with Crippen LogP contribution in [0.1, 0.15) is 18.9 Å². The van der Waals surface area contributed by atoms with Crippen LogP contribution in [0.15, 0.2) is 29.2 Å². The molecule has 0 radical (unpaired) electrons. The molecule has 0 unspecified atom stereocenters. The van der Waals surface area contributed by atoms with Gasteiger partial charge in [-0.3, -0.25) is 0 Å². The summed E-state index contributed by atoms with van der Waals surface area (Å²) in [5, 5.41) is 8.99. The maximum absolute atomic E-state index is 12.5. The molecule has 0 aliphatic heterocycles. The van der Waals surface area contributed by atoms with Crippen LogP contribution in [0.4, 0.5) is 0 Å². The number of rotatable bonds is 8. The van der Waals surface area contributed by atoms with Crippen molar-refractivity contribution >= 4 is 10.0 Å². The number of benzene rings is 1. The molecular weight excluding hydrogens is 276 g/mol. The van der Waals surface area contributed by atoms with E-state index < -0.39 is 10.0 Å². The molecule has 1 aromatic carbocycles. The first-order chi connectivity index (χ1) is 9.41. The van der Waals surface area contributed by atoms with Gasteiger partial charge in [-0.05, 0) is 44.8 Å². The number of aliphatic hydroxyl groups is 1. The van der Waals surface area contributed by atoms with Crippen molar-refractivity contribution < 1.29 is 13.5 Å². The molecule has 0 spiro atoms. The molecule has 5 nitrogen and oxygen atoms in total. The first kappa shape index (κ1) is 17.1. The Morgan fingerprint density at radius 3 is 2.15 bits per heavy atom. The SMILES string of the molecule is CCN(CCCN(C)C)S(=O)(=O)c1ccc(CO)cc1. The highest BCUT2D eigenvalue weighted by Gasteiger charge is 2.22. The first-order valence-electron chi connectivity index (χ1n) is 6.76. The molecule has 0 heterocycles. The summed E-state index contributed by atoms with van der Waals surface area (Å²) in [6.45, 7) is 3.59. The molecular formula is C14H24N2O3S. The quantitative estimate of drug-likeness (QED) is 0.782. The van der Waals surface area contributed by atoms with E-state index in [1.165, 1.54) is 4.31 Å². The maximum atomic E-state index is 12.5. The summed E-state index contributed by atoms with van der Waals surface area (Å²) < 4.78 is 26.5. The lowest BCUT2D eigenvalue weighted by Crippen LogP contribution is -2.33. The fraction of sp³-hybridized carbons (Fsp3) is 0.571. The van der Waals surface area contributed by atoms with Crippen LogP contribution >= 0.6 is 0 Å². The van der Waals surface area contributed by atoms with Gasteiger partial charge in [0, 0.05) is 13.1 Å². The average molecular weight is 300 g/mol. The smallest absolute Gasteiger partial charge is 0.243 e. The number of nitrogens with zero attached hydrogens (tertiary/aromatic N) is 2. The van der Waals surface area contributed by atoms with E-state index in [-0.39, 0.29) is 11.5 Å². The van der Waals surface area contributed by atoms with Crippen LogP contribution in [0.25, 0.3) is 0 Å². The number of aliphatic hydroxyl groups excluding tert-OH is 1. The van der Waals surface area contributed by atoms with E-state index >= 15 is 0 Å². The summed E-state index contributed by atoms with van der Waals surface area (Å²) in [6.07, 6.45) is 0.800. The molecule has 0 bridgehead atoms. The number of hydrogen-bond donors (Lipinski definition) is 1.